The van der Waals surface area contributed by atoms with Gasteiger partial charge in [-0.1, -0.05) is 41.2 Å². The summed E-state index contributed by atoms with van der Waals surface area (Å²) < 4.78 is 33.0. The molecule has 6 nitrogen and oxygen atoms in total. The van der Waals surface area contributed by atoms with Gasteiger partial charge in [0.15, 0.2) is 0 Å². The number of piperidine rings is 2. The molecule has 3 heterocycles. The van der Waals surface area contributed by atoms with E-state index in [1.807, 2.05) is 36.6 Å². The minimum absolute atomic E-state index is 0.236. The van der Waals surface area contributed by atoms with Crippen molar-refractivity contribution in [1.29, 1.82) is 0 Å². The zero-order chi connectivity index (χ0) is 21.0. The first-order valence-electron chi connectivity index (χ1n) is 10.5. The molecular weight excluding hydrogens is 418 g/mol. The molecule has 8 heteroatoms. The Labute approximate surface area is 183 Å². The van der Waals surface area contributed by atoms with Crippen LogP contribution in [-0.4, -0.2) is 60.9 Å². The van der Waals surface area contributed by atoms with Crippen LogP contribution in [0.5, 0.6) is 5.19 Å². The predicted octanol–water partition coefficient (Wildman–Crippen LogP) is 3.76. The van der Waals surface area contributed by atoms with Gasteiger partial charge in [0.2, 0.25) is 10.0 Å². The van der Waals surface area contributed by atoms with Gasteiger partial charge < -0.3 is 9.64 Å². The smallest absolute Gasteiger partial charge is 0.273 e. The normalized spacial score (nSPS) is 20.7. The molecule has 0 bridgehead atoms. The fourth-order valence-corrected chi connectivity index (χ4v) is 5.93. The lowest BCUT2D eigenvalue weighted by Gasteiger charge is -2.41. The summed E-state index contributed by atoms with van der Waals surface area (Å²) in [5.74, 6) is 0. The van der Waals surface area contributed by atoms with Gasteiger partial charge in [0.1, 0.15) is 6.10 Å². The Hall–Kier alpha value is -1.74. The van der Waals surface area contributed by atoms with Crippen LogP contribution in [-0.2, 0) is 10.0 Å². The lowest BCUT2D eigenvalue weighted by Crippen LogP contribution is -2.49. The molecule has 2 saturated heterocycles. The third-order valence-electron chi connectivity index (χ3n) is 5.96. The molecule has 0 amide bonds. The molecule has 0 spiro atoms. The fourth-order valence-electron chi connectivity index (χ4n) is 4.16. The monoisotopic (exact) mass is 447 g/mol. The number of rotatable bonds is 6. The molecule has 30 heavy (non-hydrogen) atoms. The molecule has 2 fully saturated rings. The Bertz CT molecular complexity index is 927. The maximum atomic E-state index is 12.7. The molecule has 2 aliphatic rings. The summed E-state index contributed by atoms with van der Waals surface area (Å²) in [4.78, 5) is 6.71. The molecule has 2 aliphatic heterocycles. The number of benzene rings is 1. The highest BCUT2D eigenvalue weighted by Gasteiger charge is 2.32. The minimum atomic E-state index is -3.38. The molecule has 1 aromatic carbocycles. The SMILES string of the molecule is Cc1ccc(/C=C/S(=O)(=O)N2CCC(N3CCC(Oc4nccs4)CC3)CC2)cc1. The molecule has 2 aromatic rings. The number of hydrogen-bond donors (Lipinski definition) is 0. The van der Waals surface area contributed by atoms with Crippen molar-refractivity contribution >= 4 is 27.4 Å². The van der Waals surface area contributed by atoms with E-state index in [2.05, 4.69) is 9.88 Å². The number of nitrogens with zero attached hydrogens (tertiary/aromatic N) is 3. The van der Waals surface area contributed by atoms with Gasteiger partial charge in [-0.3, -0.25) is 0 Å². The van der Waals surface area contributed by atoms with E-state index in [1.165, 1.54) is 16.7 Å². The van der Waals surface area contributed by atoms with Crippen LogP contribution in [0.4, 0.5) is 0 Å². The average molecular weight is 448 g/mol. The van der Waals surface area contributed by atoms with Gasteiger partial charge in [0.25, 0.3) is 5.19 Å². The van der Waals surface area contributed by atoms with Crippen LogP contribution in [0.3, 0.4) is 0 Å². The Morgan fingerprint density at radius 3 is 2.40 bits per heavy atom. The Kier molecular flexibility index (Phi) is 6.87. The Morgan fingerprint density at radius 1 is 1.07 bits per heavy atom. The molecule has 0 N–H and O–H groups in total. The fraction of sp³-hybridized carbons (Fsp3) is 0.500. The summed E-state index contributed by atoms with van der Waals surface area (Å²) in [6, 6.07) is 8.31. The maximum Gasteiger partial charge on any atom is 0.273 e. The highest BCUT2D eigenvalue weighted by molar-refractivity contribution is 7.92. The molecule has 1 aromatic heterocycles. The summed E-state index contributed by atoms with van der Waals surface area (Å²) in [7, 11) is -3.38. The van der Waals surface area contributed by atoms with Gasteiger partial charge >= 0.3 is 0 Å². The first kappa shape index (κ1) is 21.5. The van der Waals surface area contributed by atoms with Gasteiger partial charge in [-0.15, -0.1) is 0 Å². The van der Waals surface area contributed by atoms with Crippen molar-refractivity contribution in [2.45, 2.75) is 44.8 Å². The zero-order valence-corrected chi connectivity index (χ0v) is 18.9. The Morgan fingerprint density at radius 2 is 1.77 bits per heavy atom. The van der Waals surface area contributed by atoms with E-state index in [1.54, 1.807) is 16.6 Å². The van der Waals surface area contributed by atoms with E-state index >= 15 is 0 Å². The highest BCUT2D eigenvalue weighted by Crippen LogP contribution is 2.26. The number of thiazole rings is 1. The van der Waals surface area contributed by atoms with E-state index in [9.17, 15) is 8.42 Å². The molecule has 4 rings (SSSR count). The quantitative estimate of drug-likeness (QED) is 0.675. The van der Waals surface area contributed by atoms with Crippen molar-refractivity contribution in [3.05, 3.63) is 52.4 Å². The van der Waals surface area contributed by atoms with Crippen molar-refractivity contribution in [2.75, 3.05) is 26.2 Å². The van der Waals surface area contributed by atoms with Crippen LogP contribution in [0.1, 0.15) is 36.8 Å². The largest absolute Gasteiger partial charge is 0.467 e. The molecule has 0 radical (unpaired) electrons. The van der Waals surface area contributed by atoms with Crippen molar-refractivity contribution in [3.63, 3.8) is 0 Å². The average Bonchev–Trinajstić information content (AvgIpc) is 3.27. The maximum absolute atomic E-state index is 12.7. The van der Waals surface area contributed by atoms with Crippen LogP contribution >= 0.6 is 11.3 Å². The van der Waals surface area contributed by atoms with E-state index in [0.29, 0.717) is 19.1 Å². The molecular formula is C22H29N3O3S2. The van der Waals surface area contributed by atoms with Crippen molar-refractivity contribution in [2.24, 2.45) is 0 Å². The van der Waals surface area contributed by atoms with Crippen LogP contribution in [0.25, 0.3) is 6.08 Å². The van der Waals surface area contributed by atoms with E-state index in [4.69, 9.17) is 4.74 Å². The lowest BCUT2D eigenvalue weighted by atomic mass is 10.00. The topological polar surface area (TPSA) is 62.7 Å². The van der Waals surface area contributed by atoms with E-state index < -0.39 is 10.0 Å². The van der Waals surface area contributed by atoms with Crippen LogP contribution in [0.2, 0.25) is 0 Å². The lowest BCUT2D eigenvalue weighted by molar-refractivity contribution is 0.0585. The second-order valence-corrected chi connectivity index (χ2v) is 10.7. The second kappa shape index (κ2) is 9.60. The molecule has 0 atom stereocenters. The van der Waals surface area contributed by atoms with Crippen LogP contribution in [0, 0.1) is 6.92 Å². The van der Waals surface area contributed by atoms with Gasteiger partial charge in [-0.2, -0.15) is 4.31 Å². The summed E-state index contributed by atoms with van der Waals surface area (Å²) >= 11 is 1.54. The molecule has 0 saturated carbocycles. The van der Waals surface area contributed by atoms with Crippen molar-refractivity contribution in [3.8, 4) is 5.19 Å². The van der Waals surface area contributed by atoms with Gasteiger partial charge in [-0.25, -0.2) is 13.4 Å². The highest BCUT2D eigenvalue weighted by atomic mass is 32.2. The molecule has 0 aliphatic carbocycles. The molecule has 0 unspecified atom stereocenters. The van der Waals surface area contributed by atoms with Crippen LogP contribution < -0.4 is 4.74 Å². The predicted molar refractivity (Wildman–Crippen MR) is 121 cm³/mol. The van der Waals surface area contributed by atoms with Crippen LogP contribution in [0.15, 0.2) is 41.3 Å². The van der Waals surface area contributed by atoms with Gasteiger partial charge in [0, 0.05) is 49.2 Å². The standard InChI is InChI=1S/C22H29N3O3S2/c1-18-2-4-19(5-3-18)10-17-30(26,27)25-14-6-20(7-15-25)24-12-8-21(9-13-24)28-22-23-11-16-29-22/h2-5,10-11,16-17,20-21H,6-9,12-15H2,1H3/b17-10+. The summed E-state index contributed by atoms with van der Waals surface area (Å²) in [6.45, 7) is 5.19. The van der Waals surface area contributed by atoms with Gasteiger partial charge in [0.05, 0.1) is 0 Å². The van der Waals surface area contributed by atoms with E-state index in [0.717, 1.165) is 55.1 Å². The second-order valence-electron chi connectivity index (χ2n) is 8.04. The van der Waals surface area contributed by atoms with Gasteiger partial charge in [-0.05, 0) is 44.2 Å². The third-order valence-corrected chi connectivity index (χ3v) is 8.19. The summed E-state index contributed by atoms with van der Waals surface area (Å²) in [6.07, 6.45) is 7.46. The van der Waals surface area contributed by atoms with Crippen molar-refractivity contribution in [1.82, 2.24) is 14.2 Å². The first-order chi connectivity index (χ1) is 14.5. The zero-order valence-electron chi connectivity index (χ0n) is 17.3. The minimum Gasteiger partial charge on any atom is -0.467 e. The summed E-state index contributed by atoms with van der Waals surface area (Å²) in [5.41, 5.74) is 2.07. The Balaban J connectivity index is 1.25. The third kappa shape index (κ3) is 5.49. The molecule has 162 valence electrons. The number of aryl methyl sites for hydroxylation is 1. The number of sulfonamides is 1. The number of ether oxygens (including phenoxy) is 1. The van der Waals surface area contributed by atoms with Crippen molar-refractivity contribution < 1.29 is 13.2 Å². The first-order valence-corrected chi connectivity index (χ1v) is 12.9. The van der Waals surface area contributed by atoms with E-state index in [-0.39, 0.29) is 6.10 Å². The number of likely N-dealkylation sites (tertiary alicyclic amines) is 1. The number of aromatic nitrogens is 1. The number of hydrogen-bond acceptors (Lipinski definition) is 6. The summed E-state index contributed by atoms with van der Waals surface area (Å²) in [5, 5.41) is 4.03.